The fourth-order valence-corrected chi connectivity index (χ4v) is 10.0. The zero-order valence-corrected chi connectivity index (χ0v) is 47.7. The Balaban J connectivity index is 0.000000171. The SMILES string of the molecule is C/C=C\C(CCC)N(c1ccccc1)c1cccc2ccccc12.C1=CC2CC2c2ccccc21.C=C/C=C\C=C/CN(C)c1ccc(N(C)/C(C)=C/C=C\CC)cc1.CCCC(Nc1ccccc1)C1=C(C)CCC=C1. The zero-order chi connectivity index (χ0) is 54.6. The first-order valence-electron chi connectivity index (χ1n) is 28.4. The van der Waals surface area contributed by atoms with Crippen LogP contribution >= 0.6 is 0 Å². The van der Waals surface area contributed by atoms with Crippen LogP contribution in [0.4, 0.5) is 28.4 Å². The maximum Gasteiger partial charge on any atom is 0.0522 e. The van der Waals surface area contributed by atoms with Crippen molar-refractivity contribution in [3.8, 4) is 0 Å². The number of anilines is 5. The number of hydrogen-bond donors (Lipinski definition) is 1. The highest BCUT2D eigenvalue weighted by Crippen LogP contribution is 2.52. The van der Waals surface area contributed by atoms with Gasteiger partial charge in [-0.25, -0.2) is 0 Å². The second-order valence-electron chi connectivity index (χ2n) is 20.3. The number of hydrogen-bond acceptors (Lipinski definition) is 4. The summed E-state index contributed by atoms with van der Waals surface area (Å²) in [4.78, 5) is 6.89. The van der Waals surface area contributed by atoms with Crippen molar-refractivity contribution < 1.29 is 0 Å². The Morgan fingerprint density at radius 2 is 1.39 bits per heavy atom. The highest BCUT2D eigenvalue weighted by atomic mass is 15.2. The molecule has 4 heteroatoms. The molecule has 1 fully saturated rings. The minimum absolute atomic E-state index is 0.355. The lowest BCUT2D eigenvalue weighted by atomic mass is 9.91. The van der Waals surface area contributed by atoms with Crippen LogP contribution < -0.4 is 20.0 Å². The van der Waals surface area contributed by atoms with Gasteiger partial charge in [0.05, 0.1) is 12.1 Å². The van der Waals surface area contributed by atoms with Crippen LogP contribution in [0.2, 0.25) is 0 Å². The van der Waals surface area contributed by atoms with Crippen molar-refractivity contribution in [2.45, 2.75) is 111 Å². The summed E-state index contributed by atoms with van der Waals surface area (Å²) < 4.78 is 0. The molecule has 6 aromatic carbocycles. The van der Waals surface area contributed by atoms with E-state index in [0.717, 1.165) is 37.6 Å². The van der Waals surface area contributed by atoms with Crippen molar-refractivity contribution >= 4 is 45.3 Å². The Kier molecular flexibility index (Phi) is 24.5. The van der Waals surface area contributed by atoms with Gasteiger partial charge in [0.25, 0.3) is 0 Å². The first-order valence-corrected chi connectivity index (χ1v) is 28.4. The number of benzene rings is 6. The molecule has 0 bridgehead atoms. The highest BCUT2D eigenvalue weighted by molar-refractivity contribution is 5.96. The van der Waals surface area contributed by atoms with Crippen molar-refractivity contribution in [1.29, 1.82) is 0 Å². The lowest BCUT2D eigenvalue weighted by molar-refractivity contribution is 0.684. The molecule has 400 valence electrons. The monoisotopic (exact) mass is 1020 g/mol. The van der Waals surface area contributed by atoms with Crippen LogP contribution in [0.1, 0.15) is 110 Å². The van der Waals surface area contributed by atoms with E-state index in [2.05, 4.69) is 295 Å². The second kappa shape index (κ2) is 32.1. The molecule has 4 unspecified atom stereocenters. The largest absolute Gasteiger partial charge is 0.378 e. The van der Waals surface area contributed by atoms with Crippen LogP contribution in [0, 0.1) is 5.92 Å². The summed E-state index contributed by atoms with van der Waals surface area (Å²) >= 11 is 0. The number of para-hydroxylation sites is 2. The van der Waals surface area contributed by atoms with Gasteiger partial charge in [0, 0.05) is 60.2 Å². The van der Waals surface area contributed by atoms with Gasteiger partial charge in [-0.3, -0.25) is 0 Å². The Morgan fingerprint density at radius 3 is 2.10 bits per heavy atom. The van der Waals surface area contributed by atoms with E-state index in [-0.39, 0.29) is 0 Å². The summed E-state index contributed by atoms with van der Waals surface area (Å²) in [5.74, 6) is 1.75. The van der Waals surface area contributed by atoms with Gasteiger partial charge in [0.15, 0.2) is 0 Å². The van der Waals surface area contributed by atoms with E-state index in [9.17, 15) is 0 Å². The molecule has 3 aliphatic rings. The van der Waals surface area contributed by atoms with Crippen LogP contribution in [0.5, 0.6) is 0 Å². The highest BCUT2D eigenvalue weighted by Gasteiger charge is 2.39. The standard InChI is InChI=1S/C23H25N.C22H30N2.C17H23N.C11H10/c1-3-11-20(12-4-2)24(21-15-6-5-7-16-21)23-18-10-14-19-13-8-9-17-22(19)23;1-6-8-10-11-13-19-23(4)21-15-17-22(18-16-21)24(5)20(3)14-12-9-7-2;1-3-9-17(16-13-8-7-10-14(16)2)18-15-11-5-4-6-12-15;1-2-4-10-8(3-1)5-6-9-7-11(9)10/h3,5-11,13-18,20H,4,12H2,1-2H3;6,8-18H,1,7,19H2,2-5H3;4-6,8,11-13,17-18H,3,7,9-10H2,1-2H3;1-6,9,11H,7H2/b11-3-;10-8-,12-9-,13-11-,20-14+;;. The molecule has 77 heavy (non-hydrogen) atoms. The van der Waals surface area contributed by atoms with E-state index in [1.165, 1.54) is 88.1 Å². The van der Waals surface area contributed by atoms with Gasteiger partial charge in [-0.1, -0.05) is 222 Å². The summed E-state index contributed by atoms with van der Waals surface area (Å²) in [5, 5.41) is 6.26. The number of likely N-dealkylation sites (N-methyl/N-ethyl adjacent to an activating group) is 1. The van der Waals surface area contributed by atoms with Crippen LogP contribution in [0.25, 0.3) is 16.8 Å². The van der Waals surface area contributed by atoms with Gasteiger partial charge in [0.2, 0.25) is 0 Å². The number of rotatable bonds is 20. The van der Waals surface area contributed by atoms with Crippen molar-refractivity contribution in [1.82, 2.24) is 0 Å². The predicted molar refractivity (Wildman–Crippen MR) is 342 cm³/mol. The van der Waals surface area contributed by atoms with Gasteiger partial charge in [-0.15, -0.1) is 0 Å². The van der Waals surface area contributed by atoms with E-state index in [1.54, 1.807) is 17.2 Å². The molecule has 4 atom stereocenters. The van der Waals surface area contributed by atoms with Gasteiger partial charge in [0.1, 0.15) is 0 Å². The van der Waals surface area contributed by atoms with Gasteiger partial charge in [-0.2, -0.15) is 0 Å². The third kappa shape index (κ3) is 18.0. The molecule has 0 aromatic heterocycles. The minimum Gasteiger partial charge on any atom is -0.378 e. The molecule has 6 aromatic rings. The smallest absolute Gasteiger partial charge is 0.0522 e. The second-order valence-corrected chi connectivity index (χ2v) is 20.3. The fourth-order valence-electron chi connectivity index (χ4n) is 10.0. The number of nitrogens with one attached hydrogen (secondary N) is 1. The van der Waals surface area contributed by atoms with Crippen LogP contribution in [-0.2, 0) is 0 Å². The molecule has 0 radical (unpaired) electrons. The minimum atomic E-state index is 0.355. The third-order valence-corrected chi connectivity index (χ3v) is 14.5. The van der Waals surface area contributed by atoms with Crippen molar-refractivity contribution in [2.75, 3.05) is 40.7 Å². The van der Waals surface area contributed by atoms with Crippen molar-refractivity contribution in [2.24, 2.45) is 5.92 Å². The molecule has 9 rings (SSSR count). The molecule has 4 nitrogen and oxygen atoms in total. The van der Waals surface area contributed by atoms with E-state index in [0.29, 0.717) is 12.1 Å². The summed E-state index contributed by atoms with van der Waals surface area (Å²) in [6, 6.07) is 54.7. The lowest BCUT2D eigenvalue weighted by Crippen LogP contribution is -2.29. The summed E-state index contributed by atoms with van der Waals surface area (Å²) in [5.41, 5.74) is 13.4. The zero-order valence-electron chi connectivity index (χ0n) is 47.7. The molecule has 3 aliphatic carbocycles. The Hall–Kier alpha value is -7.56. The molecule has 0 spiro atoms. The average Bonchev–Trinajstić information content (AvgIpc) is 4.30. The maximum atomic E-state index is 3.67. The molecule has 1 saturated carbocycles. The molecule has 0 heterocycles. The predicted octanol–water partition coefficient (Wildman–Crippen LogP) is 20.2. The van der Waals surface area contributed by atoms with Gasteiger partial charge < -0.3 is 20.0 Å². The van der Waals surface area contributed by atoms with E-state index < -0.39 is 0 Å². The maximum absolute atomic E-state index is 3.67. The molecule has 0 aliphatic heterocycles. The Bertz CT molecular complexity index is 2940. The number of allylic oxidation sites excluding steroid dienone is 12. The normalized spacial score (nSPS) is 16.1. The third-order valence-electron chi connectivity index (χ3n) is 14.5. The molecule has 0 saturated heterocycles. The molecule has 0 amide bonds. The first-order chi connectivity index (χ1) is 37.7. The molecular formula is C73H88N4. The molecule has 1 N–H and O–H groups in total. The first kappa shape index (κ1) is 58.7. The molecular weight excluding hydrogens is 933 g/mol. The van der Waals surface area contributed by atoms with Crippen molar-refractivity contribution in [3.05, 3.63) is 265 Å². The van der Waals surface area contributed by atoms with Crippen LogP contribution in [0.15, 0.2) is 254 Å². The van der Waals surface area contributed by atoms with E-state index in [1.807, 2.05) is 18.2 Å². The van der Waals surface area contributed by atoms with Crippen LogP contribution in [0.3, 0.4) is 0 Å². The van der Waals surface area contributed by atoms with Crippen LogP contribution in [-0.4, -0.2) is 32.7 Å². The summed E-state index contributed by atoms with van der Waals surface area (Å²) in [7, 11) is 4.19. The van der Waals surface area contributed by atoms with Crippen molar-refractivity contribution in [3.63, 3.8) is 0 Å². The Morgan fingerprint density at radius 1 is 0.701 bits per heavy atom. The quantitative estimate of drug-likeness (QED) is 0.0608. The van der Waals surface area contributed by atoms with Gasteiger partial charge >= 0.3 is 0 Å². The van der Waals surface area contributed by atoms with E-state index >= 15 is 0 Å². The number of fused-ring (bicyclic) bond motifs is 4. The Labute approximate surface area is 465 Å². The average molecular weight is 1020 g/mol. The lowest BCUT2D eigenvalue weighted by Gasteiger charge is -2.33. The summed E-state index contributed by atoms with van der Waals surface area (Å²) in [6.45, 7) is 17.7. The number of nitrogens with zero attached hydrogens (tertiary/aromatic N) is 3. The van der Waals surface area contributed by atoms with E-state index in [4.69, 9.17) is 0 Å². The summed E-state index contributed by atoms with van der Waals surface area (Å²) in [6.07, 6.45) is 39.5. The van der Waals surface area contributed by atoms with Gasteiger partial charge in [-0.05, 0) is 154 Å². The fraction of sp³-hybridized carbons (Fsp3) is 0.288. The topological polar surface area (TPSA) is 21.8 Å².